The van der Waals surface area contributed by atoms with Gasteiger partial charge in [0.2, 0.25) is 11.8 Å². The van der Waals surface area contributed by atoms with Crippen molar-refractivity contribution in [3.63, 3.8) is 0 Å². The third-order valence-corrected chi connectivity index (χ3v) is 6.00. The summed E-state index contributed by atoms with van der Waals surface area (Å²) in [6.45, 7) is 6.88. The van der Waals surface area contributed by atoms with E-state index in [-0.39, 0.29) is 23.8 Å². The molecule has 2 amide bonds. The third kappa shape index (κ3) is 3.63. The Kier molecular flexibility index (Phi) is 4.74. The van der Waals surface area contributed by atoms with Gasteiger partial charge >= 0.3 is 0 Å². The first-order valence-electron chi connectivity index (χ1n) is 9.79. The SMILES string of the molecule is Cc1ccc(N2CC(C(=O)N3CCC(OCC4CC4)C3)CC2=O)cc1C. The van der Waals surface area contributed by atoms with Crippen LogP contribution in [0.1, 0.15) is 36.8 Å². The van der Waals surface area contributed by atoms with Crippen LogP contribution in [0.25, 0.3) is 0 Å². The first-order chi connectivity index (χ1) is 12.5. The van der Waals surface area contributed by atoms with Gasteiger partial charge in [0.05, 0.1) is 12.0 Å². The van der Waals surface area contributed by atoms with E-state index in [9.17, 15) is 9.59 Å². The molecule has 0 bridgehead atoms. The number of aryl methyl sites for hydroxylation is 2. The summed E-state index contributed by atoms with van der Waals surface area (Å²) < 4.78 is 5.93. The Morgan fingerprint density at radius 3 is 2.69 bits per heavy atom. The maximum Gasteiger partial charge on any atom is 0.228 e. The summed E-state index contributed by atoms with van der Waals surface area (Å²) in [6, 6.07) is 6.05. The number of carbonyl (C=O) groups is 2. The van der Waals surface area contributed by atoms with Gasteiger partial charge in [-0.05, 0) is 62.3 Å². The lowest BCUT2D eigenvalue weighted by atomic mass is 10.1. The number of carbonyl (C=O) groups excluding carboxylic acids is 2. The smallest absolute Gasteiger partial charge is 0.228 e. The monoisotopic (exact) mass is 356 g/mol. The molecule has 0 spiro atoms. The summed E-state index contributed by atoms with van der Waals surface area (Å²) in [6.07, 6.45) is 3.98. The van der Waals surface area contributed by atoms with Crippen LogP contribution < -0.4 is 4.90 Å². The molecule has 26 heavy (non-hydrogen) atoms. The van der Waals surface area contributed by atoms with Crippen molar-refractivity contribution in [3.05, 3.63) is 29.3 Å². The lowest BCUT2D eigenvalue weighted by Gasteiger charge is -2.21. The van der Waals surface area contributed by atoms with Gasteiger partial charge in [0, 0.05) is 38.3 Å². The maximum atomic E-state index is 12.9. The molecule has 0 radical (unpaired) electrons. The topological polar surface area (TPSA) is 49.9 Å². The second-order valence-electron chi connectivity index (χ2n) is 8.15. The first kappa shape index (κ1) is 17.5. The van der Waals surface area contributed by atoms with E-state index in [1.165, 1.54) is 24.0 Å². The van der Waals surface area contributed by atoms with Crippen molar-refractivity contribution in [2.24, 2.45) is 11.8 Å². The van der Waals surface area contributed by atoms with E-state index >= 15 is 0 Å². The van der Waals surface area contributed by atoms with Crippen LogP contribution in [0.5, 0.6) is 0 Å². The maximum absolute atomic E-state index is 12.9. The number of benzene rings is 1. The number of hydrogen-bond acceptors (Lipinski definition) is 3. The normalized spacial score (nSPS) is 26.0. The highest BCUT2D eigenvalue weighted by Gasteiger charge is 2.39. The minimum Gasteiger partial charge on any atom is -0.376 e. The van der Waals surface area contributed by atoms with Gasteiger partial charge in [0.25, 0.3) is 0 Å². The van der Waals surface area contributed by atoms with Crippen molar-refractivity contribution in [1.29, 1.82) is 0 Å². The summed E-state index contributed by atoms with van der Waals surface area (Å²) >= 11 is 0. The van der Waals surface area contributed by atoms with Gasteiger partial charge in [-0.15, -0.1) is 0 Å². The van der Waals surface area contributed by atoms with Crippen LogP contribution in [-0.2, 0) is 14.3 Å². The van der Waals surface area contributed by atoms with E-state index in [4.69, 9.17) is 4.74 Å². The van der Waals surface area contributed by atoms with Crippen molar-refractivity contribution in [2.45, 2.75) is 45.6 Å². The largest absolute Gasteiger partial charge is 0.376 e. The van der Waals surface area contributed by atoms with Gasteiger partial charge in [-0.3, -0.25) is 9.59 Å². The second kappa shape index (κ2) is 7.03. The Balaban J connectivity index is 1.35. The molecule has 2 unspecified atom stereocenters. The Morgan fingerprint density at radius 2 is 1.96 bits per heavy atom. The molecule has 3 fully saturated rings. The highest BCUT2D eigenvalue weighted by Crippen LogP contribution is 2.31. The first-order valence-corrected chi connectivity index (χ1v) is 9.79. The molecule has 3 aliphatic rings. The van der Waals surface area contributed by atoms with Crippen LogP contribution in [-0.4, -0.2) is 49.1 Å². The zero-order chi connectivity index (χ0) is 18.3. The fourth-order valence-corrected chi connectivity index (χ4v) is 3.90. The number of rotatable bonds is 5. The van der Waals surface area contributed by atoms with E-state index < -0.39 is 0 Å². The average Bonchev–Trinajstić information content (AvgIpc) is 3.19. The van der Waals surface area contributed by atoms with Crippen molar-refractivity contribution in [3.8, 4) is 0 Å². The highest BCUT2D eigenvalue weighted by molar-refractivity contribution is 6.00. The molecule has 1 aliphatic carbocycles. The summed E-state index contributed by atoms with van der Waals surface area (Å²) in [7, 11) is 0. The Morgan fingerprint density at radius 1 is 1.15 bits per heavy atom. The van der Waals surface area contributed by atoms with E-state index in [2.05, 4.69) is 6.92 Å². The molecular weight excluding hydrogens is 328 g/mol. The highest BCUT2D eigenvalue weighted by atomic mass is 16.5. The lowest BCUT2D eigenvalue weighted by Crippen LogP contribution is -2.36. The molecule has 2 heterocycles. The van der Waals surface area contributed by atoms with Gasteiger partial charge in [0.1, 0.15) is 0 Å². The number of nitrogens with zero attached hydrogens (tertiary/aromatic N) is 2. The Bertz CT molecular complexity index is 713. The third-order valence-electron chi connectivity index (χ3n) is 6.00. The quantitative estimate of drug-likeness (QED) is 0.815. The molecule has 4 rings (SSSR count). The van der Waals surface area contributed by atoms with Gasteiger partial charge in [-0.2, -0.15) is 0 Å². The van der Waals surface area contributed by atoms with Crippen LogP contribution in [0, 0.1) is 25.7 Å². The molecule has 2 aliphatic heterocycles. The van der Waals surface area contributed by atoms with E-state index in [0.29, 0.717) is 19.5 Å². The van der Waals surface area contributed by atoms with Crippen molar-refractivity contribution in [2.75, 3.05) is 31.1 Å². The Labute approximate surface area is 155 Å². The van der Waals surface area contributed by atoms with Crippen LogP contribution in [0.15, 0.2) is 18.2 Å². The molecule has 1 aromatic carbocycles. The predicted octanol–water partition coefficient (Wildman–Crippen LogP) is 2.68. The summed E-state index contributed by atoms with van der Waals surface area (Å²) in [5.41, 5.74) is 3.28. The standard InChI is InChI=1S/C21H28N2O3/c1-14-3-6-18(9-15(14)2)23-11-17(10-20(23)24)21(25)22-8-7-19(12-22)26-13-16-4-5-16/h3,6,9,16-17,19H,4-5,7-8,10-13H2,1-2H3. The van der Waals surface area contributed by atoms with E-state index in [0.717, 1.165) is 31.2 Å². The summed E-state index contributed by atoms with van der Waals surface area (Å²) in [5, 5.41) is 0. The fourth-order valence-electron chi connectivity index (χ4n) is 3.90. The van der Waals surface area contributed by atoms with Crippen molar-refractivity contribution in [1.82, 2.24) is 4.90 Å². The number of anilines is 1. The molecule has 5 nitrogen and oxygen atoms in total. The predicted molar refractivity (Wildman–Crippen MR) is 100 cm³/mol. The van der Waals surface area contributed by atoms with Crippen molar-refractivity contribution < 1.29 is 14.3 Å². The molecule has 140 valence electrons. The van der Waals surface area contributed by atoms with Gasteiger partial charge < -0.3 is 14.5 Å². The van der Waals surface area contributed by atoms with Crippen molar-refractivity contribution >= 4 is 17.5 Å². The van der Waals surface area contributed by atoms with Crippen LogP contribution in [0.3, 0.4) is 0 Å². The van der Waals surface area contributed by atoms with Gasteiger partial charge in [0.15, 0.2) is 0 Å². The van der Waals surface area contributed by atoms with Crippen LogP contribution in [0.2, 0.25) is 0 Å². The second-order valence-corrected chi connectivity index (χ2v) is 8.15. The summed E-state index contributed by atoms with van der Waals surface area (Å²) in [4.78, 5) is 29.0. The van der Waals surface area contributed by atoms with Gasteiger partial charge in [-0.1, -0.05) is 6.07 Å². The summed E-state index contributed by atoms with van der Waals surface area (Å²) in [5.74, 6) is 0.680. The zero-order valence-corrected chi connectivity index (χ0v) is 15.7. The molecule has 2 atom stereocenters. The molecule has 0 aromatic heterocycles. The molecule has 1 aromatic rings. The zero-order valence-electron chi connectivity index (χ0n) is 15.7. The number of hydrogen-bond donors (Lipinski definition) is 0. The molecular formula is C21H28N2O3. The minimum absolute atomic E-state index is 0.0485. The molecule has 2 saturated heterocycles. The fraction of sp³-hybridized carbons (Fsp3) is 0.619. The Hall–Kier alpha value is -1.88. The molecule has 0 N–H and O–H groups in total. The molecule has 5 heteroatoms. The van der Waals surface area contributed by atoms with E-state index in [1.54, 1.807) is 4.90 Å². The number of likely N-dealkylation sites (tertiary alicyclic amines) is 1. The van der Waals surface area contributed by atoms with Crippen LogP contribution in [0.4, 0.5) is 5.69 Å². The number of ether oxygens (including phenoxy) is 1. The minimum atomic E-state index is -0.230. The van der Waals surface area contributed by atoms with E-state index in [1.807, 2.05) is 30.0 Å². The van der Waals surface area contributed by atoms with Crippen LogP contribution >= 0.6 is 0 Å². The number of amides is 2. The lowest BCUT2D eigenvalue weighted by molar-refractivity contribution is -0.135. The molecule has 1 saturated carbocycles. The average molecular weight is 356 g/mol. The van der Waals surface area contributed by atoms with Gasteiger partial charge in [-0.25, -0.2) is 0 Å².